The van der Waals surface area contributed by atoms with Gasteiger partial charge in [0, 0.05) is 19.6 Å². The van der Waals surface area contributed by atoms with Crippen LogP contribution in [-0.4, -0.2) is 71.6 Å². The van der Waals surface area contributed by atoms with Gasteiger partial charge in [0.1, 0.15) is 18.5 Å². The van der Waals surface area contributed by atoms with Crippen molar-refractivity contribution in [3.05, 3.63) is 29.8 Å². The van der Waals surface area contributed by atoms with Crippen molar-refractivity contribution in [2.45, 2.75) is 13.0 Å². The summed E-state index contributed by atoms with van der Waals surface area (Å²) in [5.41, 5.74) is 0.479. The summed E-state index contributed by atoms with van der Waals surface area (Å²) in [7, 11) is 0. The summed E-state index contributed by atoms with van der Waals surface area (Å²) in [6.07, 6.45) is -0.775. The third kappa shape index (κ3) is 6.22. The summed E-state index contributed by atoms with van der Waals surface area (Å²) in [6, 6.07) is 6.87. The molecular formula is C15H23NO5. The lowest BCUT2D eigenvalue weighted by molar-refractivity contribution is 0.0547. The zero-order valence-electron chi connectivity index (χ0n) is 12.2. The predicted octanol–water partition coefficient (Wildman–Crippen LogP) is -0.0845. The molecule has 21 heavy (non-hydrogen) atoms. The number of nitrogens with zero attached hydrogens (tertiary/aromatic N) is 1. The number of carbonyl (C=O) groups excluding carboxylic acids is 1. The highest BCUT2D eigenvalue weighted by atomic mass is 16.5. The zero-order valence-corrected chi connectivity index (χ0v) is 12.2. The van der Waals surface area contributed by atoms with E-state index in [1.165, 1.54) is 6.92 Å². The number of Topliss-reactive ketones (excluding diaryl/α,β-unsaturated/α-hetero) is 1. The first kappa shape index (κ1) is 17.6. The Hall–Kier alpha value is -1.47. The lowest BCUT2D eigenvalue weighted by Gasteiger charge is -2.23. The monoisotopic (exact) mass is 297 g/mol. The summed E-state index contributed by atoms with van der Waals surface area (Å²) >= 11 is 0. The smallest absolute Gasteiger partial charge is 0.163 e. The first-order chi connectivity index (χ1) is 10.1. The van der Waals surface area contributed by atoms with Crippen LogP contribution in [0.3, 0.4) is 0 Å². The molecule has 1 atom stereocenters. The molecule has 0 aliphatic carbocycles. The molecule has 1 aromatic carbocycles. The van der Waals surface area contributed by atoms with Gasteiger partial charge < -0.3 is 20.1 Å². The maximum atomic E-state index is 11.5. The minimum Gasteiger partial charge on any atom is -0.490 e. The lowest BCUT2D eigenvalue weighted by atomic mass is 10.1. The second kappa shape index (κ2) is 9.46. The molecule has 0 radical (unpaired) electrons. The fourth-order valence-electron chi connectivity index (χ4n) is 2.00. The van der Waals surface area contributed by atoms with E-state index in [4.69, 9.17) is 14.9 Å². The van der Waals surface area contributed by atoms with Crippen LogP contribution >= 0.6 is 0 Å². The fraction of sp³-hybridized carbons (Fsp3) is 0.533. The van der Waals surface area contributed by atoms with E-state index in [1.54, 1.807) is 29.2 Å². The number of rotatable bonds is 10. The molecule has 0 aliphatic heterocycles. The molecule has 6 nitrogen and oxygen atoms in total. The van der Waals surface area contributed by atoms with Gasteiger partial charge in [0.05, 0.1) is 18.8 Å². The molecule has 6 heteroatoms. The molecule has 0 heterocycles. The van der Waals surface area contributed by atoms with Gasteiger partial charge in [0.2, 0.25) is 0 Å². The van der Waals surface area contributed by atoms with Crippen molar-refractivity contribution < 1.29 is 24.9 Å². The largest absolute Gasteiger partial charge is 0.490 e. The van der Waals surface area contributed by atoms with Crippen molar-refractivity contribution in [2.75, 3.05) is 39.5 Å². The molecule has 3 N–H and O–H groups in total. The SMILES string of the molecule is CC(=O)c1ccccc1OC[C@H](O)CN(CCO)CCO. The van der Waals surface area contributed by atoms with Crippen molar-refractivity contribution in [3.63, 3.8) is 0 Å². The Morgan fingerprint density at radius 2 is 1.86 bits per heavy atom. The Labute approximate surface area is 124 Å². The molecule has 0 spiro atoms. The standard InChI is InChI=1S/C15H23NO5/c1-12(19)14-4-2-3-5-15(14)21-11-13(20)10-16(6-8-17)7-9-18/h2-5,13,17-18,20H,6-11H2,1H3/t13-/m1/s1. The van der Waals surface area contributed by atoms with Crippen molar-refractivity contribution in [3.8, 4) is 5.75 Å². The molecule has 0 aromatic heterocycles. The summed E-state index contributed by atoms with van der Waals surface area (Å²) in [4.78, 5) is 13.2. The molecular weight excluding hydrogens is 274 g/mol. The number of ether oxygens (including phenoxy) is 1. The molecule has 0 saturated carbocycles. The Balaban J connectivity index is 2.52. The maximum Gasteiger partial charge on any atom is 0.163 e. The van der Waals surface area contributed by atoms with Gasteiger partial charge in [-0.2, -0.15) is 0 Å². The number of para-hydroxylation sites is 1. The van der Waals surface area contributed by atoms with E-state index in [0.29, 0.717) is 24.4 Å². The van der Waals surface area contributed by atoms with E-state index in [2.05, 4.69) is 0 Å². The number of hydrogen-bond acceptors (Lipinski definition) is 6. The molecule has 1 rings (SSSR count). The van der Waals surface area contributed by atoms with Crippen LogP contribution in [0.4, 0.5) is 0 Å². The van der Waals surface area contributed by atoms with Crippen LogP contribution in [0, 0.1) is 0 Å². The van der Waals surface area contributed by atoms with Gasteiger partial charge in [-0.05, 0) is 19.1 Å². The van der Waals surface area contributed by atoms with E-state index in [-0.39, 0.29) is 32.1 Å². The Morgan fingerprint density at radius 1 is 1.24 bits per heavy atom. The van der Waals surface area contributed by atoms with Crippen molar-refractivity contribution in [1.29, 1.82) is 0 Å². The van der Waals surface area contributed by atoms with Crippen LogP contribution in [0.1, 0.15) is 17.3 Å². The van der Waals surface area contributed by atoms with Crippen LogP contribution in [0.25, 0.3) is 0 Å². The van der Waals surface area contributed by atoms with Gasteiger partial charge in [-0.3, -0.25) is 9.69 Å². The molecule has 1 aromatic rings. The second-order valence-electron chi connectivity index (χ2n) is 4.76. The highest BCUT2D eigenvalue weighted by Gasteiger charge is 2.13. The van der Waals surface area contributed by atoms with Gasteiger partial charge in [0.25, 0.3) is 0 Å². The molecule has 0 saturated heterocycles. The van der Waals surface area contributed by atoms with E-state index >= 15 is 0 Å². The molecule has 0 fully saturated rings. The molecule has 0 unspecified atom stereocenters. The van der Waals surface area contributed by atoms with Gasteiger partial charge in [0.15, 0.2) is 5.78 Å². The summed E-state index contributed by atoms with van der Waals surface area (Å²) in [5, 5.41) is 27.8. The lowest BCUT2D eigenvalue weighted by Crippen LogP contribution is -2.38. The van der Waals surface area contributed by atoms with E-state index in [0.717, 1.165) is 0 Å². The zero-order chi connectivity index (χ0) is 15.7. The average molecular weight is 297 g/mol. The number of benzene rings is 1. The van der Waals surface area contributed by atoms with Crippen molar-refractivity contribution in [1.82, 2.24) is 4.90 Å². The van der Waals surface area contributed by atoms with Gasteiger partial charge >= 0.3 is 0 Å². The molecule has 118 valence electrons. The minimum atomic E-state index is -0.775. The second-order valence-corrected chi connectivity index (χ2v) is 4.76. The summed E-state index contributed by atoms with van der Waals surface area (Å²) < 4.78 is 5.49. The third-order valence-electron chi connectivity index (χ3n) is 3.00. The summed E-state index contributed by atoms with van der Waals surface area (Å²) in [5.74, 6) is 0.349. The highest BCUT2D eigenvalue weighted by molar-refractivity contribution is 5.96. The minimum absolute atomic E-state index is 0.0393. The van der Waals surface area contributed by atoms with E-state index < -0.39 is 6.10 Å². The van der Waals surface area contributed by atoms with Crippen molar-refractivity contribution >= 4 is 5.78 Å². The van der Waals surface area contributed by atoms with E-state index in [9.17, 15) is 9.90 Å². The Bertz CT molecular complexity index is 432. The van der Waals surface area contributed by atoms with Crippen LogP contribution in [0.2, 0.25) is 0 Å². The Kier molecular flexibility index (Phi) is 7.92. The number of aliphatic hydroxyl groups excluding tert-OH is 3. The van der Waals surface area contributed by atoms with Gasteiger partial charge in [-0.1, -0.05) is 12.1 Å². The van der Waals surface area contributed by atoms with Crippen LogP contribution < -0.4 is 4.74 Å². The number of carbonyl (C=O) groups is 1. The average Bonchev–Trinajstić information content (AvgIpc) is 2.46. The Morgan fingerprint density at radius 3 is 2.43 bits per heavy atom. The molecule has 0 amide bonds. The number of hydrogen-bond donors (Lipinski definition) is 3. The van der Waals surface area contributed by atoms with Crippen molar-refractivity contribution in [2.24, 2.45) is 0 Å². The fourth-order valence-corrected chi connectivity index (χ4v) is 2.00. The van der Waals surface area contributed by atoms with Gasteiger partial charge in [-0.25, -0.2) is 0 Å². The molecule has 0 bridgehead atoms. The quantitative estimate of drug-likeness (QED) is 0.523. The van der Waals surface area contributed by atoms with Crippen LogP contribution in [0.15, 0.2) is 24.3 Å². The predicted molar refractivity (Wildman–Crippen MR) is 78.6 cm³/mol. The topological polar surface area (TPSA) is 90.2 Å². The summed E-state index contributed by atoms with van der Waals surface area (Å²) in [6.45, 7) is 2.45. The maximum absolute atomic E-state index is 11.5. The first-order valence-corrected chi connectivity index (χ1v) is 6.93. The van der Waals surface area contributed by atoms with Crippen LogP contribution in [-0.2, 0) is 0 Å². The number of ketones is 1. The first-order valence-electron chi connectivity index (χ1n) is 6.93. The molecule has 0 aliphatic rings. The van der Waals surface area contributed by atoms with Crippen LogP contribution in [0.5, 0.6) is 5.75 Å². The van der Waals surface area contributed by atoms with E-state index in [1.807, 2.05) is 0 Å². The highest BCUT2D eigenvalue weighted by Crippen LogP contribution is 2.18. The third-order valence-corrected chi connectivity index (χ3v) is 3.00. The number of aliphatic hydroxyl groups is 3. The van der Waals surface area contributed by atoms with Gasteiger partial charge in [-0.15, -0.1) is 0 Å². The normalized spacial score (nSPS) is 12.4.